The third-order valence-corrected chi connectivity index (χ3v) is 5.13. The summed E-state index contributed by atoms with van der Waals surface area (Å²) in [5.74, 6) is 0.647. The van der Waals surface area contributed by atoms with Crippen LogP contribution < -0.4 is 5.32 Å². The number of aryl methyl sites for hydroxylation is 1. The molecule has 0 amide bonds. The molecule has 0 saturated carbocycles. The van der Waals surface area contributed by atoms with Gasteiger partial charge in [0.2, 0.25) is 0 Å². The first-order valence-electron chi connectivity index (χ1n) is 9.08. The molecule has 0 spiro atoms. The largest absolute Gasteiger partial charge is 0.365 e. The van der Waals surface area contributed by atoms with Gasteiger partial charge in [0.25, 0.3) is 0 Å². The molecule has 0 fully saturated rings. The fraction of sp³-hybridized carbons (Fsp3) is 0.174. The minimum atomic E-state index is -0.220. The Balaban J connectivity index is 0.00000225. The van der Waals surface area contributed by atoms with E-state index in [9.17, 15) is 4.39 Å². The van der Waals surface area contributed by atoms with Gasteiger partial charge in [-0.15, -0.1) is 12.4 Å². The van der Waals surface area contributed by atoms with Crippen molar-refractivity contribution in [2.24, 2.45) is 7.05 Å². The van der Waals surface area contributed by atoms with Crippen molar-refractivity contribution in [2.75, 3.05) is 5.32 Å². The lowest BCUT2D eigenvalue weighted by Gasteiger charge is -2.09. The molecule has 0 bridgehead atoms. The molecule has 28 heavy (non-hydrogen) atoms. The molecular formula is C23H23ClFN3. The molecule has 0 unspecified atom stereocenters. The van der Waals surface area contributed by atoms with Crippen LogP contribution in [0.4, 0.5) is 10.2 Å². The number of halogens is 2. The Labute approximate surface area is 170 Å². The lowest BCUT2D eigenvalue weighted by Crippen LogP contribution is -2.02. The van der Waals surface area contributed by atoms with E-state index >= 15 is 0 Å². The Kier molecular flexibility index (Phi) is 6.00. The fourth-order valence-electron chi connectivity index (χ4n) is 3.53. The molecule has 0 radical (unpaired) electrons. The zero-order chi connectivity index (χ0) is 18.8. The SMILES string of the molecule is Cc1c(Cc2ccccc2)c2c(NCc3ccc(F)cc3)nccc2n1C.Cl. The Morgan fingerprint density at radius 1 is 0.964 bits per heavy atom. The van der Waals surface area contributed by atoms with E-state index in [4.69, 9.17) is 0 Å². The van der Waals surface area contributed by atoms with Gasteiger partial charge in [-0.05, 0) is 48.2 Å². The number of nitrogens with one attached hydrogen (secondary N) is 1. The summed E-state index contributed by atoms with van der Waals surface area (Å²) >= 11 is 0. The molecule has 4 rings (SSSR count). The summed E-state index contributed by atoms with van der Waals surface area (Å²) in [6.45, 7) is 2.76. The molecule has 0 aliphatic rings. The van der Waals surface area contributed by atoms with Gasteiger partial charge in [0.05, 0.1) is 5.52 Å². The lowest BCUT2D eigenvalue weighted by molar-refractivity contribution is 0.627. The van der Waals surface area contributed by atoms with Crippen molar-refractivity contribution >= 4 is 29.1 Å². The zero-order valence-electron chi connectivity index (χ0n) is 15.9. The molecule has 0 atom stereocenters. The molecule has 2 aromatic heterocycles. The van der Waals surface area contributed by atoms with Crippen molar-refractivity contribution in [1.29, 1.82) is 0 Å². The molecule has 5 heteroatoms. The summed E-state index contributed by atoms with van der Waals surface area (Å²) in [6.07, 6.45) is 2.70. The predicted molar refractivity (Wildman–Crippen MR) is 116 cm³/mol. The molecular weight excluding hydrogens is 373 g/mol. The van der Waals surface area contributed by atoms with Crippen LogP contribution in [0.1, 0.15) is 22.4 Å². The third kappa shape index (κ3) is 3.87. The highest BCUT2D eigenvalue weighted by atomic mass is 35.5. The first kappa shape index (κ1) is 19.9. The van der Waals surface area contributed by atoms with Crippen LogP contribution in [0.15, 0.2) is 66.9 Å². The van der Waals surface area contributed by atoms with Crippen LogP contribution in [0.5, 0.6) is 0 Å². The normalized spacial score (nSPS) is 10.7. The summed E-state index contributed by atoms with van der Waals surface area (Å²) in [5, 5.41) is 4.60. The minimum Gasteiger partial charge on any atom is -0.365 e. The van der Waals surface area contributed by atoms with Crippen molar-refractivity contribution in [3.8, 4) is 0 Å². The molecule has 3 nitrogen and oxygen atoms in total. The van der Waals surface area contributed by atoms with Crippen LogP contribution in [0, 0.1) is 12.7 Å². The number of benzene rings is 2. The Morgan fingerprint density at radius 3 is 2.39 bits per heavy atom. The monoisotopic (exact) mass is 395 g/mol. The van der Waals surface area contributed by atoms with E-state index < -0.39 is 0 Å². The van der Waals surface area contributed by atoms with Crippen molar-refractivity contribution in [3.63, 3.8) is 0 Å². The second kappa shape index (κ2) is 8.44. The van der Waals surface area contributed by atoms with Crippen LogP contribution in [-0.2, 0) is 20.0 Å². The van der Waals surface area contributed by atoms with Gasteiger partial charge in [0.1, 0.15) is 11.6 Å². The molecule has 1 N–H and O–H groups in total. The second-order valence-electron chi connectivity index (χ2n) is 6.82. The maximum absolute atomic E-state index is 13.1. The number of rotatable bonds is 5. The van der Waals surface area contributed by atoms with Gasteiger partial charge in [-0.25, -0.2) is 9.37 Å². The summed E-state index contributed by atoms with van der Waals surface area (Å²) < 4.78 is 15.4. The highest BCUT2D eigenvalue weighted by molar-refractivity contribution is 5.94. The number of fused-ring (bicyclic) bond motifs is 1. The molecule has 0 aliphatic carbocycles. The lowest BCUT2D eigenvalue weighted by atomic mass is 10.0. The average Bonchev–Trinajstić information content (AvgIpc) is 2.94. The predicted octanol–water partition coefficient (Wildman–Crippen LogP) is 5.65. The van der Waals surface area contributed by atoms with Crippen LogP contribution >= 0.6 is 12.4 Å². The van der Waals surface area contributed by atoms with Gasteiger partial charge in [0, 0.05) is 30.9 Å². The number of hydrogen-bond donors (Lipinski definition) is 1. The Morgan fingerprint density at radius 2 is 1.68 bits per heavy atom. The van der Waals surface area contributed by atoms with Gasteiger partial charge < -0.3 is 9.88 Å². The van der Waals surface area contributed by atoms with E-state index in [0.29, 0.717) is 6.54 Å². The number of hydrogen-bond acceptors (Lipinski definition) is 2. The third-order valence-electron chi connectivity index (χ3n) is 5.13. The van der Waals surface area contributed by atoms with Crippen molar-refractivity contribution in [2.45, 2.75) is 19.9 Å². The topological polar surface area (TPSA) is 29.9 Å². The number of anilines is 1. The Bertz CT molecular complexity index is 1070. The molecule has 2 aromatic carbocycles. The van der Waals surface area contributed by atoms with Gasteiger partial charge in [-0.3, -0.25) is 0 Å². The number of nitrogens with zero attached hydrogens (tertiary/aromatic N) is 2. The molecule has 144 valence electrons. The first-order chi connectivity index (χ1) is 13.1. The van der Waals surface area contributed by atoms with E-state index in [1.807, 2.05) is 12.3 Å². The number of pyridine rings is 1. The second-order valence-corrected chi connectivity index (χ2v) is 6.82. The van der Waals surface area contributed by atoms with Gasteiger partial charge in [-0.2, -0.15) is 0 Å². The van der Waals surface area contributed by atoms with E-state index in [1.165, 1.54) is 29.0 Å². The van der Waals surface area contributed by atoms with Crippen LogP contribution in [0.25, 0.3) is 10.9 Å². The van der Waals surface area contributed by atoms with Crippen LogP contribution in [-0.4, -0.2) is 9.55 Å². The molecule has 4 aromatic rings. The van der Waals surface area contributed by atoms with Gasteiger partial charge in [-0.1, -0.05) is 42.5 Å². The molecule has 0 aliphatic heterocycles. The quantitative estimate of drug-likeness (QED) is 0.473. The highest BCUT2D eigenvalue weighted by Gasteiger charge is 2.16. The smallest absolute Gasteiger partial charge is 0.135 e. The van der Waals surface area contributed by atoms with E-state index in [2.05, 4.69) is 59.2 Å². The average molecular weight is 396 g/mol. The fourth-order valence-corrected chi connectivity index (χ4v) is 3.53. The van der Waals surface area contributed by atoms with Gasteiger partial charge >= 0.3 is 0 Å². The summed E-state index contributed by atoms with van der Waals surface area (Å²) in [4.78, 5) is 4.60. The highest BCUT2D eigenvalue weighted by Crippen LogP contribution is 2.32. The minimum absolute atomic E-state index is 0. The van der Waals surface area contributed by atoms with Gasteiger partial charge in [0.15, 0.2) is 0 Å². The molecule has 0 saturated heterocycles. The van der Waals surface area contributed by atoms with Crippen molar-refractivity contribution in [1.82, 2.24) is 9.55 Å². The first-order valence-corrected chi connectivity index (χ1v) is 9.08. The van der Waals surface area contributed by atoms with Crippen LogP contribution in [0.2, 0.25) is 0 Å². The standard InChI is InChI=1S/C23H22FN3.ClH/c1-16-20(14-17-6-4-3-5-7-17)22-21(27(16)2)12-13-25-23(22)26-15-18-8-10-19(24)11-9-18;/h3-13H,14-15H2,1-2H3,(H,25,26);1H. The van der Waals surface area contributed by atoms with E-state index in [1.54, 1.807) is 12.1 Å². The zero-order valence-corrected chi connectivity index (χ0v) is 16.8. The summed E-state index contributed by atoms with van der Waals surface area (Å²) in [7, 11) is 2.09. The number of aromatic nitrogens is 2. The van der Waals surface area contributed by atoms with E-state index in [-0.39, 0.29) is 18.2 Å². The summed E-state index contributed by atoms with van der Waals surface area (Å²) in [6, 6.07) is 19.1. The van der Waals surface area contributed by atoms with Crippen molar-refractivity contribution in [3.05, 3.63) is 95.1 Å². The summed E-state index contributed by atoms with van der Waals surface area (Å²) in [5.41, 5.74) is 5.99. The van der Waals surface area contributed by atoms with E-state index in [0.717, 1.165) is 28.7 Å². The van der Waals surface area contributed by atoms with Crippen LogP contribution in [0.3, 0.4) is 0 Å². The van der Waals surface area contributed by atoms with Crippen molar-refractivity contribution < 1.29 is 4.39 Å². The maximum Gasteiger partial charge on any atom is 0.135 e. The maximum atomic E-state index is 13.1. The molecule has 2 heterocycles. The Hall–Kier alpha value is -2.85.